The summed E-state index contributed by atoms with van der Waals surface area (Å²) in [5.41, 5.74) is 0. The predicted molar refractivity (Wildman–Crippen MR) is 75.5 cm³/mol. The van der Waals surface area contributed by atoms with Crippen LogP contribution in [-0.4, -0.2) is 62.2 Å². The quantitative estimate of drug-likeness (QED) is 0.733. The lowest BCUT2D eigenvalue weighted by molar-refractivity contribution is 0.140. The minimum atomic E-state index is 0.656. The number of nitrogens with one attached hydrogen (secondary N) is 1. The summed E-state index contributed by atoms with van der Waals surface area (Å²) in [4.78, 5) is 5.01. The predicted octanol–water partition coefficient (Wildman–Crippen LogP) is 1.79. The Kier molecular flexibility index (Phi) is 7.09. The van der Waals surface area contributed by atoms with Gasteiger partial charge in [0.1, 0.15) is 0 Å². The minimum absolute atomic E-state index is 0.656. The first-order valence-electron chi connectivity index (χ1n) is 7.25. The zero-order chi connectivity index (χ0) is 12.7. The fourth-order valence-corrected chi connectivity index (χ4v) is 2.51. The van der Waals surface area contributed by atoms with Gasteiger partial charge in [-0.3, -0.25) is 0 Å². The second-order valence-corrected chi connectivity index (χ2v) is 5.66. The van der Waals surface area contributed by atoms with Crippen LogP contribution in [0.15, 0.2) is 0 Å². The number of hydrogen-bond donors (Lipinski definition) is 1. The minimum Gasteiger partial charge on any atom is -0.314 e. The van der Waals surface area contributed by atoms with E-state index < -0.39 is 0 Å². The smallest absolute Gasteiger partial charge is 0.0117 e. The van der Waals surface area contributed by atoms with Gasteiger partial charge in [-0.2, -0.15) is 0 Å². The molecule has 1 N–H and O–H groups in total. The van der Waals surface area contributed by atoms with Crippen molar-refractivity contribution in [2.24, 2.45) is 0 Å². The first-order valence-corrected chi connectivity index (χ1v) is 7.25. The normalized spacial score (nSPS) is 21.0. The van der Waals surface area contributed by atoms with Crippen molar-refractivity contribution in [2.45, 2.75) is 51.6 Å². The van der Waals surface area contributed by atoms with Crippen LogP contribution in [-0.2, 0) is 0 Å². The van der Waals surface area contributed by atoms with Crippen LogP contribution >= 0.6 is 0 Å². The molecule has 0 aromatic heterocycles. The van der Waals surface area contributed by atoms with E-state index in [2.05, 4.69) is 43.1 Å². The van der Waals surface area contributed by atoms with Crippen LogP contribution in [0.4, 0.5) is 0 Å². The van der Waals surface area contributed by atoms with Crippen LogP contribution in [0.1, 0.15) is 39.5 Å². The van der Waals surface area contributed by atoms with Gasteiger partial charge in [-0.25, -0.2) is 0 Å². The maximum Gasteiger partial charge on any atom is 0.0117 e. The molecule has 0 aliphatic carbocycles. The molecule has 3 heteroatoms. The first kappa shape index (κ1) is 14.9. The van der Waals surface area contributed by atoms with Crippen molar-refractivity contribution in [3.63, 3.8) is 0 Å². The highest BCUT2D eigenvalue weighted by Crippen LogP contribution is 2.14. The zero-order valence-corrected chi connectivity index (χ0v) is 12.2. The van der Waals surface area contributed by atoms with Gasteiger partial charge in [0.15, 0.2) is 0 Å². The molecule has 0 aromatic carbocycles. The molecule has 1 rings (SSSR count). The Hall–Kier alpha value is -0.120. The lowest BCUT2D eigenvalue weighted by Crippen LogP contribution is -2.43. The summed E-state index contributed by atoms with van der Waals surface area (Å²) in [6.45, 7) is 9.44. The Bertz CT molecular complexity index is 188. The molecular weight excluding hydrogens is 210 g/mol. The summed E-state index contributed by atoms with van der Waals surface area (Å²) in [5, 5.41) is 3.56. The topological polar surface area (TPSA) is 18.5 Å². The molecule has 17 heavy (non-hydrogen) atoms. The average molecular weight is 241 g/mol. The molecule has 1 aliphatic rings. The van der Waals surface area contributed by atoms with E-state index in [-0.39, 0.29) is 0 Å². The maximum absolute atomic E-state index is 3.56. The van der Waals surface area contributed by atoms with E-state index in [0.29, 0.717) is 6.04 Å². The van der Waals surface area contributed by atoms with E-state index in [0.717, 1.165) is 12.6 Å². The molecule has 3 nitrogen and oxygen atoms in total. The van der Waals surface area contributed by atoms with Gasteiger partial charge >= 0.3 is 0 Å². The second-order valence-electron chi connectivity index (χ2n) is 5.66. The van der Waals surface area contributed by atoms with Crippen LogP contribution < -0.4 is 5.32 Å². The maximum atomic E-state index is 3.56. The van der Waals surface area contributed by atoms with Gasteiger partial charge in [0, 0.05) is 12.1 Å². The third-order valence-corrected chi connectivity index (χ3v) is 3.97. The molecule has 1 aliphatic heterocycles. The molecule has 0 amide bonds. The molecule has 0 radical (unpaired) electrons. The number of piperidine rings is 1. The van der Waals surface area contributed by atoms with Crippen molar-refractivity contribution in [3.8, 4) is 0 Å². The van der Waals surface area contributed by atoms with Gasteiger partial charge in [0.2, 0.25) is 0 Å². The van der Waals surface area contributed by atoms with Crippen molar-refractivity contribution < 1.29 is 0 Å². The Morgan fingerprint density at radius 2 is 2.00 bits per heavy atom. The summed E-state index contributed by atoms with van der Waals surface area (Å²) >= 11 is 0. The summed E-state index contributed by atoms with van der Waals surface area (Å²) in [6.07, 6.45) is 5.17. The van der Waals surface area contributed by atoms with Crippen LogP contribution in [0.3, 0.4) is 0 Å². The standard InChI is InChI=1S/C14H31N3/c1-5-9-15-13(2)6-12-17(4)14-7-10-16(3)11-8-14/h13-15H,5-12H2,1-4H3. The van der Waals surface area contributed by atoms with Gasteiger partial charge in [0.05, 0.1) is 0 Å². The molecule has 0 spiro atoms. The largest absolute Gasteiger partial charge is 0.314 e. The molecule has 1 unspecified atom stereocenters. The third kappa shape index (κ3) is 5.84. The molecular formula is C14H31N3. The Labute approximate surface area is 108 Å². The van der Waals surface area contributed by atoms with Crippen LogP contribution in [0.5, 0.6) is 0 Å². The Morgan fingerprint density at radius 3 is 2.59 bits per heavy atom. The average Bonchev–Trinajstić information content (AvgIpc) is 2.34. The molecule has 0 bridgehead atoms. The van der Waals surface area contributed by atoms with Crippen molar-refractivity contribution >= 4 is 0 Å². The molecule has 0 saturated carbocycles. The SMILES string of the molecule is CCCNC(C)CCN(C)C1CCN(C)CC1. The van der Waals surface area contributed by atoms with E-state index in [9.17, 15) is 0 Å². The number of hydrogen-bond acceptors (Lipinski definition) is 3. The molecule has 1 atom stereocenters. The van der Waals surface area contributed by atoms with Crippen molar-refractivity contribution in [1.82, 2.24) is 15.1 Å². The molecule has 0 aromatic rings. The van der Waals surface area contributed by atoms with Gasteiger partial charge < -0.3 is 15.1 Å². The second kappa shape index (κ2) is 8.06. The summed E-state index contributed by atoms with van der Waals surface area (Å²) in [5.74, 6) is 0. The molecule has 1 fully saturated rings. The van der Waals surface area contributed by atoms with Crippen LogP contribution in [0.25, 0.3) is 0 Å². The zero-order valence-electron chi connectivity index (χ0n) is 12.2. The van der Waals surface area contributed by atoms with Crippen molar-refractivity contribution in [1.29, 1.82) is 0 Å². The van der Waals surface area contributed by atoms with Gasteiger partial charge in [0.25, 0.3) is 0 Å². The monoisotopic (exact) mass is 241 g/mol. The van der Waals surface area contributed by atoms with Gasteiger partial charge in [-0.05, 0) is 72.9 Å². The van der Waals surface area contributed by atoms with Crippen molar-refractivity contribution in [2.75, 3.05) is 40.3 Å². The third-order valence-electron chi connectivity index (χ3n) is 3.97. The van der Waals surface area contributed by atoms with E-state index in [1.807, 2.05) is 0 Å². The van der Waals surface area contributed by atoms with E-state index in [1.165, 1.54) is 45.3 Å². The van der Waals surface area contributed by atoms with Gasteiger partial charge in [-0.15, -0.1) is 0 Å². The van der Waals surface area contributed by atoms with E-state index >= 15 is 0 Å². The number of likely N-dealkylation sites (tertiary alicyclic amines) is 1. The fraction of sp³-hybridized carbons (Fsp3) is 1.00. The number of nitrogens with zero attached hydrogens (tertiary/aromatic N) is 2. The summed E-state index contributed by atoms with van der Waals surface area (Å²) in [6, 6.07) is 1.47. The van der Waals surface area contributed by atoms with Crippen LogP contribution in [0.2, 0.25) is 0 Å². The first-order chi connectivity index (χ1) is 8.13. The molecule has 1 heterocycles. The molecule has 1 saturated heterocycles. The van der Waals surface area contributed by atoms with E-state index in [1.54, 1.807) is 0 Å². The number of rotatable bonds is 7. The summed E-state index contributed by atoms with van der Waals surface area (Å²) < 4.78 is 0. The molecule has 102 valence electrons. The van der Waals surface area contributed by atoms with Gasteiger partial charge in [-0.1, -0.05) is 6.92 Å². The highest BCUT2D eigenvalue weighted by atomic mass is 15.2. The lowest BCUT2D eigenvalue weighted by Gasteiger charge is -2.35. The van der Waals surface area contributed by atoms with Crippen molar-refractivity contribution in [3.05, 3.63) is 0 Å². The lowest BCUT2D eigenvalue weighted by atomic mass is 10.0. The Balaban J connectivity index is 2.13. The van der Waals surface area contributed by atoms with E-state index in [4.69, 9.17) is 0 Å². The Morgan fingerprint density at radius 1 is 1.35 bits per heavy atom. The fourth-order valence-electron chi connectivity index (χ4n) is 2.51. The summed E-state index contributed by atoms with van der Waals surface area (Å²) in [7, 11) is 4.52. The highest BCUT2D eigenvalue weighted by Gasteiger charge is 2.20. The van der Waals surface area contributed by atoms with Crippen LogP contribution in [0, 0.1) is 0 Å². The highest BCUT2D eigenvalue weighted by molar-refractivity contribution is 4.77.